The van der Waals surface area contributed by atoms with E-state index in [0.29, 0.717) is 89.2 Å². The van der Waals surface area contributed by atoms with E-state index >= 15 is 0 Å². The Balaban J connectivity index is 1.57. The van der Waals surface area contributed by atoms with Crippen molar-refractivity contribution < 1.29 is 72.2 Å². The molecule has 2 aliphatic heterocycles. The number of aliphatic hydroxyl groups is 2. The third-order valence-electron chi connectivity index (χ3n) is 18.2. The topological polar surface area (TPSA) is 231 Å². The molecule has 15 unspecified atom stereocenters. The fraction of sp³-hybridized carbons (Fsp3) is 0.766. The number of esters is 1. The van der Waals surface area contributed by atoms with Gasteiger partial charge < -0.3 is 48.9 Å². The van der Waals surface area contributed by atoms with Gasteiger partial charge in [-0.2, -0.15) is 0 Å². The second-order valence-electron chi connectivity index (χ2n) is 24.9. The van der Waals surface area contributed by atoms with Crippen molar-refractivity contribution in [1.82, 2.24) is 10.2 Å². The molecule has 2 heterocycles. The summed E-state index contributed by atoms with van der Waals surface area (Å²) in [6.45, 7) is 17.0. The molecule has 15 atom stereocenters. The van der Waals surface area contributed by atoms with Crippen LogP contribution in [0.4, 0.5) is 0 Å². The average Bonchev–Trinajstić information content (AvgIpc) is 3.56. The molecule has 3 N–H and O–H groups in total. The van der Waals surface area contributed by atoms with Crippen LogP contribution in [0.15, 0.2) is 47.6 Å². The van der Waals surface area contributed by atoms with Gasteiger partial charge in [-0.3, -0.25) is 33.6 Å². The molecular weight excluding hydrogens is 1040 g/mol. The lowest BCUT2D eigenvalue weighted by atomic mass is 9.67. The van der Waals surface area contributed by atoms with Crippen LogP contribution in [0.3, 0.4) is 0 Å². The molecule has 3 fully saturated rings. The largest absolute Gasteiger partial charge is 0.458 e. The highest BCUT2D eigenvalue weighted by atomic mass is 16.6. The van der Waals surface area contributed by atoms with Crippen LogP contribution in [0.1, 0.15) is 171 Å². The number of carbonyl (C=O) groups excluding carboxylic acids is 7. The number of methoxy groups -OCH3 is 4. The Bertz CT molecular complexity index is 2220. The van der Waals surface area contributed by atoms with Gasteiger partial charge in [0.25, 0.3) is 11.7 Å². The van der Waals surface area contributed by atoms with Gasteiger partial charge >= 0.3 is 5.97 Å². The van der Waals surface area contributed by atoms with Crippen molar-refractivity contribution in [2.45, 2.75) is 225 Å². The number of piperidine rings is 1. The van der Waals surface area contributed by atoms with Crippen molar-refractivity contribution in [3.63, 3.8) is 0 Å². The molecule has 0 aromatic rings. The predicted octanol–water partition coefficient (Wildman–Crippen LogP) is 8.54. The molecular formula is C64H102N2O15. The van der Waals surface area contributed by atoms with Crippen molar-refractivity contribution in [2.75, 3.05) is 48.1 Å². The number of Topliss-reactive ketones (excluding diaryl/α,β-unsaturated/α-hetero) is 4. The van der Waals surface area contributed by atoms with Gasteiger partial charge in [-0.15, -0.1) is 0 Å². The van der Waals surface area contributed by atoms with Gasteiger partial charge in [0.15, 0.2) is 17.3 Å². The van der Waals surface area contributed by atoms with Crippen LogP contribution in [0.25, 0.3) is 0 Å². The standard InChI is InChI=1S/C64H102N2O15/c1-40-21-17-15-14-16-18-22-41(2)58(71)60(78-12)59(72)44(5)31-43(4)51(67)36-49(37-52(68)50-23-19-20-29-66(50)62(74)61(73)64(75)38-48(25-24-45(64)6)35-54(40)76-10)42(3)32-47-26-27-53(55(34-47)77-11)81-57(70)39-65-56(69)33-46(7)80-30-28-63(8,9)79-13/h14-17,21,31,41-42,44-50,53-55,59-60,72,75H,18-20,22-30,32-39H2,1-13H3,(H,65,69)/b16-14?,17-15?,40-21?,43-31-. The van der Waals surface area contributed by atoms with Gasteiger partial charge in [0, 0.05) is 66.3 Å². The molecule has 81 heavy (non-hydrogen) atoms. The minimum absolute atomic E-state index is 0.0247. The molecule has 2 saturated carbocycles. The molecule has 2 bridgehead atoms. The van der Waals surface area contributed by atoms with E-state index in [4.69, 9.17) is 28.4 Å². The number of fused-ring (bicyclic) bond motifs is 3. The SMILES string of the molecule is COC1CC2CCC(C)C(O)(C2)C(=O)C(=O)N2CCCCC2C(=O)CC(C(C)CC2CCC(OC(=O)CNC(=O)CC(C)OCCC(C)(C)OC)C(OC)C2)CC(=O)/C(C)=C\C(C)C(O)C(OC)C(=O)C(C)CCC=CC=CC=C1C. The summed E-state index contributed by atoms with van der Waals surface area (Å²) in [5.41, 5.74) is -0.958. The summed E-state index contributed by atoms with van der Waals surface area (Å²) in [4.78, 5) is 99.2. The first-order valence-corrected chi connectivity index (χ1v) is 30.0. The van der Waals surface area contributed by atoms with E-state index in [-0.39, 0.29) is 97.6 Å². The number of rotatable bonds is 16. The maximum atomic E-state index is 14.9. The molecule has 0 spiro atoms. The molecule has 17 heteroatoms. The smallest absolute Gasteiger partial charge is 0.325 e. The van der Waals surface area contributed by atoms with E-state index in [9.17, 15) is 43.8 Å². The first-order valence-electron chi connectivity index (χ1n) is 30.0. The predicted molar refractivity (Wildman–Crippen MR) is 310 cm³/mol. The molecule has 2 amide bonds. The number of aliphatic hydroxyl groups excluding tert-OH is 1. The monoisotopic (exact) mass is 1140 g/mol. The highest BCUT2D eigenvalue weighted by molar-refractivity contribution is 6.39. The summed E-state index contributed by atoms with van der Waals surface area (Å²) in [5.74, 6) is -5.74. The van der Waals surface area contributed by atoms with Gasteiger partial charge in [-0.05, 0) is 165 Å². The number of hydrogen-bond acceptors (Lipinski definition) is 15. The molecule has 458 valence electrons. The van der Waals surface area contributed by atoms with Gasteiger partial charge in [0.1, 0.15) is 24.4 Å². The highest BCUT2D eigenvalue weighted by Gasteiger charge is 2.51. The zero-order valence-electron chi connectivity index (χ0n) is 51.3. The van der Waals surface area contributed by atoms with Gasteiger partial charge in [0.05, 0.1) is 42.5 Å². The Labute approximate surface area is 484 Å². The van der Waals surface area contributed by atoms with Gasteiger partial charge in [-0.25, -0.2) is 0 Å². The Morgan fingerprint density at radius 1 is 0.864 bits per heavy atom. The zero-order valence-corrected chi connectivity index (χ0v) is 51.3. The van der Waals surface area contributed by atoms with Gasteiger partial charge in [0.2, 0.25) is 5.91 Å². The van der Waals surface area contributed by atoms with E-state index in [1.807, 2.05) is 65.0 Å². The molecule has 2 aliphatic carbocycles. The summed E-state index contributed by atoms with van der Waals surface area (Å²) < 4.78 is 34.5. The second kappa shape index (κ2) is 33.3. The summed E-state index contributed by atoms with van der Waals surface area (Å²) in [7, 11) is 6.23. The zero-order chi connectivity index (χ0) is 60.2. The Hall–Kier alpha value is -4.23. The lowest BCUT2D eigenvalue weighted by Gasteiger charge is -2.43. The highest BCUT2D eigenvalue weighted by Crippen LogP contribution is 2.42. The van der Waals surface area contributed by atoms with E-state index in [2.05, 4.69) is 5.32 Å². The van der Waals surface area contributed by atoms with E-state index < -0.39 is 77.4 Å². The third-order valence-corrected chi connectivity index (χ3v) is 18.2. The number of nitrogens with one attached hydrogen (secondary N) is 1. The summed E-state index contributed by atoms with van der Waals surface area (Å²) >= 11 is 0. The maximum Gasteiger partial charge on any atom is 0.325 e. The lowest BCUT2D eigenvalue weighted by Crippen LogP contribution is -2.59. The number of ketones is 4. The number of nitrogens with zero attached hydrogens (tertiary/aromatic N) is 1. The fourth-order valence-corrected chi connectivity index (χ4v) is 12.3. The minimum atomic E-state index is -1.93. The average molecular weight is 1140 g/mol. The normalized spacial score (nSPS) is 33.0. The van der Waals surface area contributed by atoms with Crippen molar-refractivity contribution >= 4 is 40.9 Å². The molecule has 0 aromatic heterocycles. The van der Waals surface area contributed by atoms with E-state index in [1.165, 1.54) is 12.0 Å². The van der Waals surface area contributed by atoms with Crippen LogP contribution in [0.2, 0.25) is 0 Å². The van der Waals surface area contributed by atoms with Crippen LogP contribution in [0.5, 0.6) is 0 Å². The van der Waals surface area contributed by atoms with E-state index in [1.54, 1.807) is 55.1 Å². The maximum absolute atomic E-state index is 14.9. The lowest BCUT2D eigenvalue weighted by molar-refractivity contribution is -0.165. The Morgan fingerprint density at radius 2 is 1.59 bits per heavy atom. The molecule has 0 aromatic carbocycles. The van der Waals surface area contributed by atoms with Crippen LogP contribution in [-0.2, 0) is 62.0 Å². The Morgan fingerprint density at radius 3 is 2.27 bits per heavy atom. The molecule has 1 saturated heterocycles. The summed E-state index contributed by atoms with van der Waals surface area (Å²) in [6, 6.07) is -0.927. The number of hydrogen-bond donors (Lipinski definition) is 3. The quantitative estimate of drug-likeness (QED) is 0.0971. The first-order chi connectivity index (χ1) is 38.3. The summed E-state index contributed by atoms with van der Waals surface area (Å²) in [5, 5.41) is 26.5. The fourth-order valence-electron chi connectivity index (χ4n) is 12.3. The number of carbonyl (C=O) groups is 7. The second-order valence-corrected chi connectivity index (χ2v) is 24.9. The molecule has 0 radical (unpaired) electrons. The van der Waals surface area contributed by atoms with Crippen molar-refractivity contribution in [3.8, 4) is 0 Å². The van der Waals surface area contributed by atoms with Crippen LogP contribution in [0, 0.1) is 41.4 Å². The van der Waals surface area contributed by atoms with Crippen molar-refractivity contribution in [1.29, 1.82) is 0 Å². The van der Waals surface area contributed by atoms with E-state index in [0.717, 1.165) is 12.0 Å². The van der Waals surface area contributed by atoms with Crippen molar-refractivity contribution in [2.24, 2.45) is 41.4 Å². The third kappa shape index (κ3) is 20.8. The minimum Gasteiger partial charge on any atom is -0.458 e. The molecule has 4 aliphatic rings. The van der Waals surface area contributed by atoms with Gasteiger partial charge in [-0.1, -0.05) is 64.2 Å². The summed E-state index contributed by atoms with van der Waals surface area (Å²) in [6.07, 6.45) is 14.8. The van der Waals surface area contributed by atoms with Crippen LogP contribution in [-0.4, -0.2) is 158 Å². The van der Waals surface area contributed by atoms with Crippen LogP contribution < -0.4 is 5.32 Å². The molecule has 4 rings (SSSR count). The van der Waals surface area contributed by atoms with Crippen LogP contribution >= 0.6 is 0 Å². The Kier molecular flexibility index (Phi) is 28.5. The number of ether oxygens (including phenoxy) is 6. The number of amides is 2. The number of allylic oxidation sites excluding steroid dienone is 6. The molecule has 17 nitrogen and oxygen atoms in total. The first kappa shape index (κ1) is 69.3. The van der Waals surface area contributed by atoms with Crippen molar-refractivity contribution in [3.05, 3.63) is 47.6 Å².